The fourth-order valence-electron chi connectivity index (χ4n) is 3.28. The summed E-state index contributed by atoms with van der Waals surface area (Å²) in [5.74, 6) is 0. The first-order chi connectivity index (χ1) is 11.7. The molecule has 3 rings (SSSR count). The van der Waals surface area contributed by atoms with Crippen molar-refractivity contribution in [2.75, 3.05) is 4.72 Å². The Morgan fingerprint density at radius 2 is 1.72 bits per heavy atom. The molecule has 0 aliphatic heterocycles. The average molecular weight is 362 g/mol. The minimum atomic E-state index is -3.68. The first-order valence-electron chi connectivity index (χ1n) is 8.86. The lowest BCUT2D eigenvalue weighted by molar-refractivity contribution is 0.448. The topological polar surface area (TPSA) is 64.0 Å². The highest BCUT2D eigenvalue weighted by Gasteiger charge is 2.32. The van der Waals surface area contributed by atoms with Gasteiger partial charge in [-0.05, 0) is 31.9 Å². The van der Waals surface area contributed by atoms with Gasteiger partial charge in [0.15, 0.2) is 0 Å². The molecule has 0 atom stereocenters. The number of anilines is 1. The highest BCUT2D eigenvalue weighted by Crippen LogP contribution is 2.34. The minimum Gasteiger partial charge on any atom is -0.280 e. The van der Waals surface area contributed by atoms with Crippen LogP contribution in [0.2, 0.25) is 0 Å². The largest absolute Gasteiger partial charge is 0.280 e. The van der Waals surface area contributed by atoms with Crippen LogP contribution in [0, 0.1) is 6.92 Å². The van der Waals surface area contributed by atoms with Crippen molar-refractivity contribution >= 4 is 15.7 Å². The van der Waals surface area contributed by atoms with Gasteiger partial charge in [0.25, 0.3) is 10.0 Å². The van der Waals surface area contributed by atoms with E-state index >= 15 is 0 Å². The van der Waals surface area contributed by atoms with Crippen LogP contribution < -0.4 is 4.72 Å². The Hall–Kier alpha value is -1.82. The van der Waals surface area contributed by atoms with Crippen LogP contribution in [0.3, 0.4) is 0 Å². The maximum absolute atomic E-state index is 13.0. The maximum atomic E-state index is 13.0. The van der Waals surface area contributed by atoms with Gasteiger partial charge in [-0.15, -0.1) is 0 Å². The van der Waals surface area contributed by atoms with E-state index in [1.807, 2.05) is 44.5 Å². The zero-order chi connectivity index (χ0) is 18.2. The van der Waals surface area contributed by atoms with E-state index in [2.05, 4.69) is 9.82 Å². The first kappa shape index (κ1) is 18.0. The fraction of sp³-hybridized carbons (Fsp3) is 0.526. The monoisotopic (exact) mass is 361 g/mol. The molecule has 0 radical (unpaired) electrons. The van der Waals surface area contributed by atoms with Gasteiger partial charge >= 0.3 is 0 Å². The van der Waals surface area contributed by atoms with Crippen molar-refractivity contribution in [2.24, 2.45) is 0 Å². The smallest absolute Gasteiger partial charge is 0.265 e. The molecule has 5 nitrogen and oxygen atoms in total. The van der Waals surface area contributed by atoms with Crippen molar-refractivity contribution in [3.05, 3.63) is 41.7 Å². The highest BCUT2D eigenvalue weighted by atomic mass is 32.2. The normalized spacial score (nSPS) is 16.3. The third-order valence-electron chi connectivity index (χ3n) is 4.70. The maximum Gasteiger partial charge on any atom is 0.265 e. The Bertz CT molecular complexity index is 840. The van der Waals surface area contributed by atoms with Gasteiger partial charge in [-0.3, -0.25) is 9.40 Å². The van der Waals surface area contributed by atoms with Gasteiger partial charge in [-0.1, -0.05) is 51.3 Å². The lowest BCUT2D eigenvalue weighted by Gasteiger charge is -2.18. The second-order valence-electron chi connectivity index (χ2n) is 7.98. The number of hydrogen-bond acceptors (Lipinski definition) is 3. The lowest BCUT2D eigenvalue weighted by atomic mass is 9.92. The van der Waals surface area contributed by atoms with Gasteiger partial charge in [0.1, 0.15) is 4.90 Å². The van der Waals surface area contributed by atoms with Crippen molar-refractivity contribution in [3.63, 3.8) is 0 Å². The molecule has 1 heterocycles. The predicted molar refractivity (Wildman–Crippen MR) is 100 cm³/mol. The van der Waals surface area contributed by atoms with Crippen molar-refractivity contribution < 1.29 is 8.42 Å². The highest BCUT2D eigenvalue weighted by molar-refractivity contribution is 7.92. The first-order valence-corrected chi connectivity index (χ1v) is 10.3. The molecule has 1 aliphatic carbocycles. The Morgan fingerprint density at radius 3 is 2.28 bits per heavy atom. The van der Waals surface area contributed by atoms with Crippen LogP contribution in [0.4, 0.5) is 5.69 Å². The van der Waals surface area contributed by atoms with E-state index in [0.29, 0.717) is 17.4 Å². The van der Waals surface area contributed by atoms with Gasteiger partial charge in [0.2, 0.25) is 0 Å². The molecule has 2 aromatic rings. The zero-order valence-corrected chi connectivity index (χ0v) is 16.2. The molecule has 136 valence electrons. The number of aromatic nitrogens is 2. The van der Waals surface area contributed by atoms with Gasteiger partial charge in [0.05, 0.1) is 11.7 Å². The molecule has 0 saturated heterocycles. The summed E-state index contributed by atoms with van der Waals surface area (Å²) in [7, 11) is -3.68. The standard InChI is InChI=1S/C19H27N3O2S/c1-14-9-11-15(12-10-14)21-25(23,24)17-13-22(16-7-5-6-8-16)20-18(17)19(2,3)4/h9-13,16,21H,5-8H2,1-4H3. The van der Waals surface area contributed by atoms with Crippen LogP contribution in [-0.4, -0.2) is 18.2 Å². The van der Waals surface area contributed by atoms with E-state index in [1.54, 1.807) is 18.3 Å². The molecule has 6 heteroatoms. The Balaban J connectivity index is 1.99. The Morgan fingerprint density at radius 1 is 1.12 bits per heavy atom. The van der Waals surface area contributed by atoms with E-state index in [4.69, 9.17) is 0 Å². The Kier molecular flexibility index (Phi) is 4.66. The number of rotatable bonds is 4. The second kappa shape index (κ2) is 6.48. The Labute approximate surface area is 150 Å². The van der Waals surface area contributed by atoms with E-state index in [-0.39, 0.29) is 10.3 Å². The molecule has 1 fully saturated rings. The quantitative estimate of drug-likeness (QED) is 0.877. The zero-order valence-electron chi connectivity index (χ0n) is 15.4. The molecule has 0 bridgehead atoms. The van der Waals surface area contributed by atoms with E-state index < -0.39 is 10.0 Å². The molecule has 1 aromatic carbocycles. The third kappa shape index (κ3) is 3.89. The van der Waals surface area contributed by atoms with Crippen LogP contribution in [-0.2, 0) is 15.4 Å². The lowest BCUT2D eigenvalue weighted by Crippen LogP contribution is -2.20. The second-order valence-corrected chi connectivity index (χ2v) is 9.63. The van der Waals surface area contributed by atoms with Crippen LogP contribution in [0.5, 0.6) is 0 Å². The summed E-state index contributed by atoms with van der Waals surface area (Å²) in [5, 5.41) is 4.68. The van der Waals surface area contributed by atoms with Crippen molar-refractivity contribution in [2.45, 2.75) is 69.7 Å². The minimum absolute atomic E-state index is 0.285. The number of nitrogens with zero attached hydrogens (tertiary/aromatic N) is 2. The fourth-order valence-corrected chi connectivity index (χ4v) is 4.68. The van der Waals surface area contributed by atoms with Crippen LogP contribution in [0.25, 0.3) is 0 Å². The van der Waals surface area contributed by atoms with E-state index in [9.17, 15) is 8.42 Å². The molecular weight excluding hydrogens is 334 g/mol. The summed E-state index contributed by atoms with van der Waals surface area (Å²) in [6, 6.07) is 7.66. The molecule has 0 spiro atoms. The van der Waals surface area contributed by atoms with Gasteiger partial charge < -0.3 is 0 Å². The van der Waals surface area contributed by atoms with Gasteiger partial charge in [-0.2, -0.15) is 5.10 Å². The number of benzene rings is 1. The van der Waals surface area contributed by atoms with Crippen LogP contribution in [0.1, 0.15) is 63.8 Å². The average Bonchev–Trinajstić information content (AvgIpc) is 3.17. The molecule has 0 amide bonds. The summed E-state index contributed by atoms with van der Waals surface area (Å²) in [4.78, 5) is 0.285. The molecule has 0 unspecified atom stereocenters. The number of nitrogens with one attached hydrogen (secondary N) is 1. The summed E-state index contributed by atoms with van der Waals surface area (Å²) >= 11 is 0. The van der Waals surface area contributed by atoms with Crippen molar-refractivity contribution in [1.82, 2.24) is 9.78 Å². The number of hydrogen-bond donors (Lipinski definition) is 1. The molecule has 1 saturated carbocycles. The van der Waals surface area contributed by atoms with E-state index in [1.165, 1.54) is 12.8 Å². The molecule has 1 aliphatic rings. The number of sulfonamides is 1. The van der Waals surface area contributed by atoms with Gasteiger partial charge in [-0.25, -0.2) is 8.42 Å². The van der Waals surface area contributed by atoms with Crippen LogP contribution in [0.15, 0.2) is 35.4 Å². The molecule has 1 aromatic heterocycles. The van der Waals surface area contributed by atoms with Crippen molar-refractivity contribution in [1.29, 1.82) is 0 Å². The molecule has 25 heavy (non-hydrogen) atoms. The molecule has 1 N–H and O–H groups in total. The van der Waals surface area contributed by atoms with Gasteiger partial charge in [0, 0.05) is 17.3 Å². The summed E-state index contributed by atoms with van der Waals surface area (Å²) in [6.07, 6.45) is 6.21. The predicted octanol–water partition coefficient (Wildman–Crippen LogP) is 4.40. The SMILES string of the molecule is Cc1ccc(NS(=O)(=O)c2cn(C3CCCC3)nc2C(C)(C)C)cc1. The van der Waals surface area contributed by atoms with E-state index in [0.717, 1.165) is 18.4 Å². The summed E-state index contributed by atoms with van der Waals surface area (Å²) < 4.78 is 30.6. The number of aryl methyl sites for hydroxylation is 1. The van der Waals surface area contributed by atoms with Crippen LogP contribution >= 0.6 is 0 Å². The van der Waals surface area contributed by atoms with Crippen molar-refractivity contribution in [3.8, 4) is 0 Å². The third-order valence-corrected chi connectivity index (χ3v) is 6.08. The summed E-state index contributed by atoms with van der Waals surface area (Å²) in [6.45, 7) is 7.97. The summed E-state index contributed by atoms with van der Waals surface area (Å²) in [5.41, 5.74) is 1.94. The molecular formula is C19H27N3O2S.